The van der Waals surface area contributed by atoms with E-state index in [0.29, 0.717) is 25.3 Å². The van der Waals surface area contributed by atoms with E-state index >= 15 is 0 Å². The number of hydrogen-bond donors (Lipinski definition) is 0. The third kappa shape index (κ3) is 4.79. The van der Waals surface area contributed by atoms with Gasteiger partial charge in [0, 0.05) is 57.6 Å². The number of anilines is 1. The van der Waals surface area contributed by atoms with Crippen LogP contribution in [0.1, 0.15) is 43.0 Å². The van der Waals surface area contributed by atoms with Crippen LogP contribution in [-0.2, 0) is 18.3 Å². The number of halogens is 1. The molecule has 0 N–H and O–H groups in total. The topological polar surface area (TPSA) is 67.2 Å². The van der Waals surface area contributed by atoms with Gasteiger partial charge in [0.1, 0.15) is 5.82 Å². The molecule has 1 fully saturated rings. The number of carbonyl (C=O) groups is 1. The van der Waals surface area contributed by atoms with Crippen LogP contribution in [-0.4, -0.2) is 51.2 Å². The largest absolute Gasteiger partial charge is 0.347 e. The molecule has 0 aliphatic carbocycles. The van der Waals surface area contributed by atoms with Crippen molar-refractivity contribution in [2.75, 3.05) is 25.5 Å². The number of rotatable bonds is 6. The molecule has 168 valence electrons. The van der Waals surface area contributed by atoms with Crippen molar-refractivity contribution in [2.24, 2.45) is 7.05 Å². The normalized spacial score (nSPS) is 16.2. The maximum atomic E-state index is 13.3. The quantitative estimate of drug-likeness (QED) is 0.589. The minimum atomic E-state index is -0.264. The molecule has 3 aromatic rings. The van der Waals surface area contributed by atoms with E-state index in [9.17, 15) is 9.18 Å². The summed E-state index contributed by atoms with van der Waals surface area (Å²) in [6.45, 7) is 0.709. The van der Waals surface area contributed by atoms with Crippen molar-refractivity contribution < 1.29 is 9.18 Å². The second-order valence-electron chi connectivity index (χ2n) is 8.49. The van der Waals surface area contributed by atoms with E-state index in [1.165, 1.54) is 12.1 Å². The van der Waals surface area contributed by atoms with Gasteiger partial charge in [-0.25, -0.2) is 14.4 Å². The van der Waals surface area contributed by atoms with E-state index in [0.717, 1.165) is 41.6 Å². The van der Waals surface area contributed by atoms with Gasteiger partial charge in [-0.3, -0.25) is 9.48 Å². The lowest BCUT2D eigenvalue weighted by Crippen LogP contribution is -2.39. The number of carbonyl (C=O) groups excluding carboxylic acids is 1. The van der Waals surface area contributed by atoms with Gasteiger partial charge in [-0.1, -0.05) is 12.1 Å². The molecule has 1 aromatic carbocycles. The van der Waals surface area contributed by atoms with E-state index in [-0.39, 0.29) is 17.8 Å². The molecule has 1 saturated heterocycles. The molecule has 1 amide bonds. The number of hydrogen-bond acceptors (Lipinski definition) is 5. The predicted molar refractivity (Wildman–Crippen MR) is 122 cm³/mol. The van der Waals surface area contributed by atoms with Gasteiger partial charge in [0.05, 0.1) is 17.9 Å². The Balaban J connectivity index is 1.62. The molecule has 1 atom stereocenters. The summed E-state index contributed by atoms with van der Waals surface area (Å²) >= 11 is 0. The molecule has 0 saturated carbocycles. The molecule has 0 unspecified atom stereocenters. The van der Waals surface area contributed by atoms with Gasteiger partial charge in [-0.2, -0.15) is 5.10 Å². The van der Waals surface area contributed by atoms with E-state index in [4.69, 9.17) is 4.98 Å². The summed E-state index contributed by atoms with van der Waals surface area (Å²) in [5, 5.41) is 4.30. The first-order chi connectivity index (χ1) is 15.4. The minimum Gasteiger partial charge on any atom is -0.347 e. The van der Waals surface area contributed by atoms with Crippen molar-refractivity contribution in [2.45, 2.75) is 38.1 Å². The van der Waals surface area contributed by atoms with Crippen molar-refractivity contribution in [3.63, 3.8) is 0 Å². The van der Waals surface area contributed by atoms with Crippen molar-refractivity contribution in [1.82, 2.24) is 24.6 Å². The lowest BCUT2D eigenvalue weighted by Gasteiger charge is -2.36. The molecule has 2 aromatic heterocycles. The molecule has 3 heterocycles. The van der Waals surface area contributed by atoms with Crippen LogP contribution in [0.5, 0.6) is 0 Å². The zero-order valence-corrected chi connectivity index (χ0v) is 18.8. The fourth-order valence-corrected chi connectivity index (χ4v) is 4.20. The fraction of sp³-hybridized carbons (Fsp3) is 0.417. The first kappa shape index (κ1) is 21.9. The van der Waals surface area contributed by atoms with E-state index in [1.807, 2.05) is 43.3 Å². The van der Waals surface area contributed by atoms with Gasteiger partial charge in [0.15, 0.2) is 0 Å². The van der Waals surface area contributed by atoms with Crippen molar-refractivity contribution in [1.29, 1.82) is 0 Å². The first-order valence-corrected chi connectivity index (χ1v) is 11.0. The zero-order chi connectivity index (χ0) is 22.7. The highest BCUT2D eigenvalue weighted by Gasteiger charge is 2.31. The number of aryl methyl sites for hydroxylation is 2. The number of aromatic nitrogens is 4. The van der Waals surface area contributed by atoms with E-state index < -0.39 is 0 Å². The average Bonchev–Trinajstić information content (AvgIpc) is 3.24. The maximum absolute atomic E-state index is 13.3. The number of nitrogens with zero attached hydrogens (tertiary/aromatic N) is 6. The summed E-state index contributed by atoms with van der Waals surface area (Å²) in [4.78, 5) is 26.5. The average molecular weight is 437 g/mol. The van der Waals surface area contributed by atoms with Crippen LogP contribution < -0.4 is 4.90 Å². The Morgan fingerprint density at radius 2 is 1.97 bits per heavy atom. The van der Waals surface area contributed by atoms with Crippen molar-refractivity contribution >= 4 is 11.9 Å². The van der Waals surface area contributed by atoms with Gasteiger partial charge in [0.2, 0.25) is 11.9 Å². The summed E-state index contributed by atoms with van der Waals surface area (Å²) in [6, 6.07) is 6.25. The van der Waals surface area contributed by atoms with Gasteiger partial charge in [0.25, 0.3) is 0 Å². The van der Waals surface area contributed by atoms with Crippen LogP contribution in [0.3, 0.4) is 0 Å². The van der Waals surface area contributed by atoms with Gasteiger partial charge < -0.3 is 9.80 Å². The molecule has 8 heteroatoms. The van der Waals surface area contributed by atoms with Crippen molar-refractivity contribution in [3.8, 4) is 11.1 Å². The predicted octanol–water partition coefficient (Wildman–Crippen LogP) is 3.77. The maximum Gasteiger partial charge on any atom is 0.225 e. The third-order valence-corrected chi connectivity index (χ3v) is 5.90. The van der Waals surface area contributed by atoms with Gasteiger partial charge >= 0.3 is 0 Å². The highest BCUT2D eigenvalue weighted by atomic mass is 19.1. The molecule has 4 rings (SSSR count). The fourth-order valence-electron chi connectivity index (χ4n) is 4.20. The molecule has 7 nitrogen and oxygen atoms in total. The summed E-state index contributed by atoms with van der Waals surface area (Å²) in [6.07, 6.45) is 9.44. The Bertz CT molecular complexity index is 1080. The number of benzene rings is 1. The molecule has 0 spiro atoms. The third-order valence-electron chi connectivity index (χ3n) is 5.90. The highest BCUT2D eigenvalue weighted by Crippen LogP contribution is 2.36. The number of piperidine rings is 1. The van der Waals surface area contributed by atoms with Gasteiger partial charge in [-0.15, -0.1) is 0 Å². The molecule has 0 bridgehead atoms. The minimum absolute atomic E-state index is 0.0983. The summed E-state index contributed by atoms with van der Waals surface area (Å²) < 4.78 is 14.9. The number of amides is 1. The van der Waals surface area contributed by atoms with Crippen LogP contribution in [0.15, 0.2) is 42.9 Å². The first-order valence-electron chi connectivity index (χ1n) is 11.0. The second kappa shape index (κ2) is 9.46. The molecule has 32 heavy (non-hydrogen) atoms. The zero-order valence-electron chi connectivity index (χ0n) is 18.8. The Morgan fingerprint density at radius 3 is 2.66 bits per heavy atom. The summed E-state index contributed by atoms with van der Waals surface area (Å²) in [5.74, 6) is 0.456. The smallest absolute Gasteiger partial charge is 0.225 e. The van der Waals surface area contributed by atoms with Gasteiger partial charge in [-0.05, 0) is 43.4 Å². The van der Waals surface area contributed by atoms with E-state index in [2.05, 4.69) is 10.1 Å². The standard InChI is InChI=1S/C24H29FN6O/c1-29(2)24-26-15-20(18-14-27-30(3)16-18)23(28-24)21-6-4-5-13-31(21)22(32)12-9-17-7-10-19(25)11-8-17/h7-8,10-11,14-16,21H,4-6,9,12-13H2,1-3H3/t21-/m0/s1. The lowest BCUT2D eigenvalue weighted by atomic mass is 9.94. The second-order valence-corrected chi connectivity index (χ2v) is 8.49. The Hall–Kier alpha value is -3.29. The lowest BCUT2D eigenvalue weighted by molar-refractivity contribution is -0.135. The van der Waals surface area contributed by atoms with Crippen LogP contribution in [0.2, 0.25) is 0 Å². The summed E-state index contributed by atoms with van der Waals surface area (Å²) in [7, 11) is 5.70. The number of likely N-dealkylation sites (tertiary alicyclic amines) is 1. The van der Waals surface area contributed by atoms with Crippen LogP contribution in [0.25, 0.3) is 11.1 Å². The highest BCUT2D eigenvalue weighted by molar-refractivity contribution is 5.78. The van der Waals surface area contributed by atoms with Crippen LogP contribution >= 0.6 is 0 Å². The molecule has 1 aliphatic rings. The molecular weight excluding hydrogens is 407 g/mol. The Kier molecular flexibility index (Phi) is 6.48. The van der Waals surface area contributed by atoms with Crippen molar-refractivity contribution in [3.05, 3.63) is 59.9 Å². The Labute approximate surface area is 187 Å². The molecular formula is C24H29FN6O. The SMILES string of the molecule is CN(C)c1ncc(-c2cnn(C)c2)c([C@@H]2CCCCN2C(=O)CCc2ccc(F)cc2)n1. The molecule has 0 radical (unpaired) electrons. The Morgan fingerprint density at radius 1 is 1.19 bits per heavy atom. The van der Waals surface area contributed by atoms with E-state index in [1.54, 1.807) is 23.0 Å². The summed E-state index contributed by atoms with van der Waals surface area (Å²) in [5.41, 5.74) is 3.68. The van der Waals surface area contributed by atoms with Crippen LogP contribution in [0, 0.1) is 5.82 Å². The van der Waals surface area contributed by atoms with Crippen LogP contribution in [0.4, 0.5) is 10.3 Å². The monoisotopic (exact) mass is 436 g/mol. The molecule has 1 aliphatic heterocycles.